The number of nitrogens with two attached hydrogens (primary N) is 1. The van der Waals surface area contributed by atoms with Gasteiger partial charge in [0.05, 0.1) is 4.47 Å². The van der Waals surface area contributed by atoms with Gasteiger partial charge in [-0.25, -0.2) is 4.68 Å². The van der Waals surface area contributed by atoms with Crippen molar-refractivity contribution in [3.8, 4) is 11.4 Å². The van der Waals surface area contributed by atoms with Gasteiger partial charge in [0, 0.05) is 17.8 Å². The highest BCUT2D eigenvalue weighted by molar-refractivity contribution is 9.10. The standard InChI is InChI=1S/C12H14BrN5/c13-11-9(5-2-6-10(11)14)12-15-16-17-18(12)7-8-3-1-4-8/h2,5-6,8H,1,3-4,7,14H2. The number of anilines is 1. The maximum atomic E-state index is 5.89. The molecule has 0 bridgehead atoms. The summed E-state index contributed by atoms with van der Waals surface area (Å²) in [7, 11) is 0. The first kappa shape index (κ1) is 11.6. The van der Waals surface area contributed by atoms with E-state index in [9.17, 15) is 0 Å². The smallest absolute Gasteiger partial charge is 0.183 e. The van der Waals surface area contributed by atoms with E-state index in [1.54, 1.807) is 0 Å². The summed E-state index contributed by atoms with van der Waals surface area (Å²) in [6.45, 7) is 0.892. The Hall–Kier alpha value is -1.43. The Morgan fingerprint density at radius 3 is 2.94 bits per heavy atom. The first-order chi connectivity index (χ1) is 8.75. The molecule has 0 amide bonds. The van der Waals surface area contributed by atoms with Crippen molar-refractivity contribution in [2.24, 2.45) is 5.92 Å². The van der Waals surface area contributed by atoms with Crippen molar-refractivity contribution in [1.29, 1.82) is 0 Å². The molecule has 1 fully saturated rings. The molecule has 0 spiro atoms. The maximum absolute atomic E-state index is 5.89. The number of hydrogen-bond acceptors (Lipinski definition) is 4. The molecule has 0 saturated heterocycles. The topological polar surface area (TPSA) is 69.6 Å². The highest BCUT2D eigenvalue weighted by Crippen LogP contribution is 2.33. The molecule has 1 aromatic heterocycles. The van der Waals surface area contributed by atoms with Crippen molar-refractivity contribution in [3.05, 3.63) is 22.7 Å². The molecule has 0 atom stereocenters. The van der Waals surface area contributed by atoms with Gasteiger partial charge in [-0.15, -0.1) is 5.10 Å². The molecule has 1 heterocycles. The first-order valence-corrected chi connectivity index (χ1v) is 6.85. The van der Waals surface area contributed by atoms with E-state index in [0.29, 0.717) is 11.6 Å². The molecule has 0 aliphatic heterocycles. The predicted molar refractivity (Wildman–Crippen MR) is 72.7 cm³/mol. The normalized spacial score (nSPS) is 15.6. The molecule has 0 unspecified atom stereocenters. The van der Waals surface area contributed by atoms with Crippen LogP contribution in [-0.4, -0.2) is 20.2 Å². The van der Waals surface area contributed by atoms with Gasteiger partial charge in [0.25, 0.3) is 0 Å². The number of aromatic nitrogens is 4. The lowest BCUT2D eigenvalue weighted by molar-refractivity contribution is 0.265. The fourth-order valence-corrected chi connectivity index (χ4v) is 2.60. The van der Waals surface area contributed by atoms with Crippen LogP contribution in [0.1, 0.15) is 19.3 Å². The summed E-state index contributed by atoms with van der Waals surface area (Å²) < 4.78 is 2.73. The molecular weight excluding hydrogens is 294 g/mol. The van der Waals surface area contributed by atoms with Gasteiger partial charge in [0.2, 0.25) is 0 Å². The molecule has 1 aliphatic carbocycles. The summed E-state index contributed by atoms with van der Waals surface area (Å²) >= 11 is 3.50. The average molecular weight is 308 g/mol. The monoisotopic (exact) mass is 307 g/mol. The zero-order chi connectivity index (χ0) is 12.5. The molecule has 18 heavy (non-hydrogen) atoms. The molecule has 5 nitrogen and oxygen atoms in total. The van der Waals surface area contributed by atoms with Crippen LogP contribution in [0.5, 0.6) is 0 Å². The van der Waals surface area contributed by atoms with E-state index < -0.39 is 0 Å². The third-order valence-corrected chi connectivity index (χ3v) is 4.34. The van der Waals surface area contributed by atoms with Gasteiger partial charge in [-0.2, -0.15) is 0 Å². The molecule has 1 saturated carbocycles. The van der Waals surface area contributed by atoms with Gasteiger partial charge in [-0.1, -0.05) is 12.5 Å². The van der Waals surface area contributed by atoms with Crippen molar-refractivity contribution < 1.29 is 0 Å². The van der Waals surface area contributed by atoms with Gasteiger partial charge in [-0.05, 0) is 57.2 Å². The van der Waals surface area contributed by atoms with Crippen LogP contribution in [0.15, 0.2) is 22.7 Å². The summed E-state index contributed by atoms with van der Waals surface area (Å²) in [6, 6.07) is 5.74. The van der Waals surface area contributed by atoms with Crippen molar-refractivity contribution in [2.45, 2.75) is 25.8 Å². The number of benzene rings is 1. The Morgan fingerprint density at radius 1 is 1.39 bits per heavy atom. The molecule has 2 aromatic rings. The highest BCUT2D eigenvalue weighted by atomic mass is 79.9. The van der Waals surface area contributed by atoms with Crippen LogP contribution in [0, 0.1) is 5.92 Å². The molecule has 2 N–H and O–H groups in total. The molecule has 0 radical (unpaired) electrons. The first-order valence-electron chi connectivity index (χ1n) is 6.06. The number of nitrogen functional groups attached to an aromatic ring is 1. The number of halogens is 1. The second kappa shape index (κ2) is 4.68. The van der Waals surface area contributed by atoms with Crippen molar-refractivity contribution in [1.82, 2.24) is 20.2 Å². The fourth-order valence-electron chi connectivity index (χ4n) is 2.16. The molecule has 6 heteroatoms. The van der Waals surface area contributed by atoms with E-state index in [2.05, 4.69) is 31.5 Å². The van der Waals surface area contributed by atoms with Crippen molar-refractivity contribution in [3.63, 3.8) is 0 Å². The van der Waals surface area contributed by atoms with E-state index in [1.807, 2.05) is 22.9 Å². The fraction of sp³-hybridized carbons (Fsp3) is 0.417. The van der Waals surface area contributed by atoms with Crippen LogP contribution in [-0.2, 0) is 6.54 Å². The maximum Gasteiger partial charge on any atom is 0.183 e. The van der Waals surface area contributed by atoms with E-state index >= 15 is 0 Å². The SMILES string of the molecule is Nc1cccc(-c2nnnn2CC2CCC2)c1Br. The lowest BCUT2D eigenvalue weighted by Gasteiger charge is -2.25. The Bertz CT molecular complexity index is 561. The Labute approximate surface area is 113 Å². The van der Waals surface area contributed by atoms with E-state index in [4.69, 9.17) is 5.73 Å². The predicted octanol–water partition coefficient (Wildman–Crippen LogP) is 2.48. The lowest BCUT2D eigenvalue weighted by atomic mass is 9.85. The van der Waals surface area contributed by atoms with Crippen molar-refractivity contribution in [2.75, 3.05) is 5.73 Å². The van der Waals surface area contributed by atoms with E-state index in [-0.39, 0.29) is 0 Å². The van der Waals surface area contributed by atoms with E-state index in [0.717, 1.165) is 22.4 Å². The van der Waals surface area contributed by atoms with E-state index in [1.165, 1.54) is 19.3 Å². The van der Waals surface area contributed by atoms with Crippen LogP contribution in [0.4, 0.5) is 5.69 Å². The van der Waals surface area contributed by atoms with Gasteiger partial charge >= 0.3 is 0 Å². The second-order valence-electron chi connectivity index (χ2n) is 4.69. The van der Waals surface area contributed by atoms with Crippen LogP contribution >= 0.6 is 15.9 Å². The van der Waals surface area contributed by atoms with Gasteiger partial charge in [0.15, 0.2) is 5.82 Å². The minimum Gasteiger partial charge on any atom is -0.398 e. The molecular formula is C12H14BrN5. The summed E-state index contributed by atoms with van der Waals surface area (Å²) in [4.78, 5) is 0. The summed E-state index contributed by atoms with van der Waals surface area (Å²) in [5, 5.41) is 12.0. The summed E-state index contributed by atoms with van der Waals surface area (Å²) in [5.74, 6) is 1.49. The third kappa shape index (κ3) is 2.01. The van der Waals surface area contributed by atoms with Crippen LogP contribution in [0.2, 0.25) is 0 Å². The second-order valence-corrected chi connectivity index (χ2v) is 5.48. The number of rotatable bonds is 3. The summed E-state index contributed by atoms with van der Waals surface area (Å²) in [6.07, 6.45) is 3.87. The molecule has 94 valence electrons. The zero-order valence-corrected chi connectivity index (χ0v) is 11.5. The third-order valence-electron chi connectivity index (χ3n) is 3.46. The van der Waals surface area contributed by atoms with Gasteiger partial charge < -0.3 is 5.73 Å². The number of hydrogen-bond donors (Lipinski definition) is 1. The van der Waals surface area contributed by atoms with Crippen molar-refractivity contribution >= 4 is 21.6 Å². The Morgan fingerprint density at radius 2 is 2.22 bits per heavy atom. The Balaban J connectivity index is 1.95. The Kier molecular flexibility index (Phi) is 3.03. The highest BCUT2D eigenvalue weighted by Gasteiger charge is 2.21. The van der Waals surface area contributed by atoms with Crippen LogP contribution in [0.3, 0.4) is 0 Å². The number of nitrogens with zero attached hydrogens (tertiary/aromatic N) is 4. The molecule has 1 aliphatic rings. The van der Waals surface area contributed by atoms with Crippen LogP contribution < -0.4 is 5.73 Å². The molecule has 1 aromatic carbocycles. The van der Waals surface area contributed by atoms with Gasteiger partial charge in [0.1, 0.15) is 0 Å². The van der Waals surface area contributed by atoms with Gasteiger partial charge in [-0.3, -0.25) is 0 Å². The minimum atomic E-state index is 0.700. The average Bonchev–Trinajstić information content (AvgIpc) is 2.75. The zero-order valence-electron chi connectivity index (χ0n) is 9.88. The van der Waals surface area contributed by atoms with Crippen LogP contribution in [0.25, 0.3) is 11.4 Å². The quantitative estimate of drug-likeness (QED) is 0.884. The number of tetrazole rings is 1. The lowest BCUT2D eigenvalue weighted by Crippen LogP contribution is -2.19. The summed E-state index contributed by atoms with van der Waals surface area (Å²) in [5.41, 5.74) is 7.53. The molecule has 3 rings (SSSR count). The largest absolute Gasteiger partial charge is 0.398 e. The minimum absolute atomic E-state index is 0.700.